The average Bonchev–Trinajstić information content (AvgIpc) is 2.35. The van der Waals surface area contributed by atoms with Crippen molar-refractivity contribution in [2.45, 2.75) is 13.5 Å². The quantitative estimate of drug-likeness (QED) is 0.467. The second-order valence-electron chi connectivity index (χ2n) is 3.05. The van der Waals surface area contributed by atoms with Crippen LogP contribution in [0.4, 0.5) is 0 Å². The topological polar surface area (TPSA) is 93.9 Å². The maximum atomic E-state index is 11.6. The van der Waals surface area contributed by atoms with E-state index in [1.165, 1.54) is 20.5 Å². The van der Waals surface area contributed by atoms with Gasteiger partial charge in [-0.25, -0.2) is 14.8 Å². The number of aryl methyl sites for hydroxylation is 1. The van der Waals surface area contributed by atoms with Crippen molar-refractivity contribution >= 4 is 11.7 Å². The Morgan fingerprint density at radius 3 is 2.61 bits per heavy atom. The van der Waals surface area contributed by atoms with E-state index in [1.807, 2.05) is 0 Å². The second kappa shape index (κ2) is 8.23. The molecule has 0 aliphatic rings. The molecule has 8 heteroatoms. The Balaban J connectivity index is 0.00000289. The summed E-state index contributed by atoms with van der Waals surface area (Å²) >= 11 is 0. The molecule has 0 aromatic carbocycles. The minimum atomic E-state index is -0.681. The maximum absolute atomic E-state index is 11.6. The second-order valence-corrected chi connectivity index (χ2v) is 3.05. The molecule has 0 atom stereocenters. The van der Waals surface area contributed by atoms with E-state index in [0.29, 0.717) is 17.0 Å². The third-order valence-corrected chi connectivity index (χ3v) is 2.06. The zero-order valence-corrected chi connectivity index (χ0v) is 13.2. The summed E-state index contributed by atoms with van der Waals surface area (Å²) in [5, 5.41) is 12.8. The normalized spacial score (nSPS) is 10.6. The van der Waals surface area contributed by atoms with Crippen LogP contribution in [-0.4, -0.2) is 41.0 Å². The summed E-state index contributed by atoms with van der Waals surface area (Å²) in [5.41, 5.74) is 1.05. The Labute approximate surface area is 129 Å². The summed E-state index contributed by atoms with van der Waals surface area (Å²) in [4.78, 5) is 24.0. The molecule has 1 rings (SSSR count). The van der Waals surface area contributed by atoms with Gasteiger partial charge in [-0.05, 0) is 6.92 Å². The molecule has 7 nitrogen and oxygen atoms in total. The van der Waals surface area contributed by atoms with Crippen molar-refractivity contribution in [2.75, 3.05) is 14.2 Å². The number of oxime groups is 1. The average molecular weight is 328 g/mol. The number of nitrogens with zero attached hydrogens (tertiary/aromatic N) is 3. The number of esters is 1. The number of rotatable bonds is 4. The van der Waals surface area contributed by atoms with E-state index in [9.17, 15) is 9.90 Å². The van der Waals surface area contributed by atoms with Crippen LogP contribution in [0, 0.1) is 6.92 Å². The van der Waals surface area contributed by atoms with Crippen LogP contribution in [-0.2, 0) is 53.7 Å². The maximum Gasteiger partial charge on any atom is 0.360 e. The molecule has 0 fully saturated rings. The number of carbonyl (C=O) groups is 1. The molecule has 1 N–H and O–H groups in total. The van der Waals surface area contributed by atoms with Gasteiger partial charge in [-0.2, -0.15) is 0 Å². The molecule has 1 heterocycles. The molecule has 0 aliphatic heterocycles. The number of aliphatic hydroxyl groups is 1. The van der Waals surface area contributed by atoms with Gasteiger partial charge in [0.25, 0.3) is 0 Å². The SMILES string of the molecule is CO/N=C(/C(=O)OC)c1c(C)ncnc1CO.[Y]. The summed E-state index contributed by atoms with van der Waals surface area (Å²) in [5.74, 6) is -0.681. The van der Waals surface area contributed by atoms with Crippen molar-refractivity contribution in [3.8, 4) is 0 Å². The number of ether oxygens (including phenoxy) is 1. The molecule has 0 saturated heterocycles. The van der Waals surface area contributed by atoms with Crippen LogP contribution in [0.5, 0.6) is 0 Å². The van der Waals surface area contributed by atoms with Crippen molar-refractivity contribution in [1.82, 2.24) is 9.97 Å². The molecule has 0 unspecified atom stereocenters. The summed E-state index contributed by atoms with van der Waals surface area (Å²) in [6.07, 6.45) is 1.30. The van der Waals surface area contributed by atoms with Gasteiger partial charge in [0.1, 0.15) is 13.4 Å². The predicted octanol–water partition coefficient (Wildman–Crippen LogP) is -0.202. The van der Waals surface area contributed by atoms with Gasteiger partial charge in [-0.3, -0.25) is 0 Å². The monoisotopic (exact) mass is 328 g/mol. The molecular weight excluding hydrogens is 315 g/mol. The number of methoxy groups -OCH3 is 1. The first kappa shape index (κ1) is 17.1. The Morgan fingerprint density at radius 1 is 1.44 bits per heavy atom. The van der Waals surface area contributed by atoms with Gasteiger partial charge in [0, 0.05) is 32.7 Å². The minimum absolute atomic E-state index is 0. The fourth-order valence-electron chi connectivity index (χ4n) is 1.32. The van der Waals surface area contributed by atoms with Gasteiger partial charge in [0.05, 0.1) is 30.7 Å². The third-order valence-electron chi connectivity index (χ3n) is 2.06. The molecule has 0 spiro atoms. The Hall–Kier alpha value is -0.916. The van der Waals surface area contributed by atoms with Crippen molar-refractivity contribution in [3.63, 3.8) is 0 Å². The molecular formula is C10H13N3O4Y. The molecule has 0 amide bonds. The number of hydrogen-bond acceptors (Lipinski definition) is 7. The van der Waals surface area contributed by atoms with Gasteiger partial charge in [0.15, 0.2) is 5.71 Å². The molecule has 0 bridgehead atoms. The van der Waals surface area contributed by atoms with Crippen LogP contribution in [0.2, 0.25) is 0 Å². The van der Waals surface area contributed by atoms with Gasteiger partial charge in [0.2, 0.25) is 0 Å². The molecule has 18 heavy (non-hydrogen) atoms. The number of hydrogen-bond donors (Lipinski definition) is 1. The van der Waals surface area contributed by atoms with Gasteiger partial charge in [-0.15, -0.1) is 0 Å². The van der Waals surface area contributed by atoms with E-state index in [2.05, 4.69) is 24.7 Å². The third kappa shape index (κ3) is 3.79. The first-order valence-corrected chi connectivity index (χ1v) is 4.76. The molecule has 1 aromatic rings. The van der Waals surface area contributed by atoms with Crippen molar-refractivity contribution in [2.24, 2.45) is 5.16 Å². The smallest absolute Gasteiger partial charge is 0.360 e. The zero-order valence-electron chi connectivity index (χ0n) is 10.4. The van der Waals surface area contributed by atoms with Crippen LogP contribution >= 0.6 is 0 Å². The van der Waals surface area contributed by atoms with E-state index in [4.69, 9.17) is 0 Å². The predicted molar refractivity (Wildman–Crippen MR) is 58.3 cm³/mol. The van der Waals surface area contributed by atoms with E-state index in [-0.39, 0.29) is 45.0 Å². The summed E-state index contributed by atoms with van der Waals surface area (Å²) in [7, 11) is 2.53. The molecule has 1 radical (unpaired) electrons. The van der Waals surface area contributed by atoms with Crippen molar-refractivity contribution in [1.29, 1.82) is 0 Å². The van der Waals surface area contributed by atoms with Crippen LogP contribution in [0.25, 0.3) is 0 Å². The summed E-state index contributed by atoms with van der Waals surface area (Å²) in [6.45, 7) is 1.34. The molecule has 0 aliphatic carbocycles. The fourth-order valence-corrected chi connectivity index (χ4v) is 1.32. The van der Waals surface area contributed by atoms with Crippen molar-refractivity contribution in [3.05, 3.63) is 23.3 Å². The van der Waals surface area contributed by atoms with Crippen LogP contribution < -0.4 is 0 Å². The van der Waals surface area contributed by atoms with Gasteiger partial charge in [-0.1, -0.05) is 5.16 Å². The Morgan fingerprint density at radius 2 is 2.11 bits per heavy atom. The first-order chi connectivity index (χ1) is 8.15. The number of carbonyl (C=O) groups excluding carboxylic acids is 1. The van der Waals surface area contributed by atoms with Gasteiger partial charge >= 0.3 is 5.97 Å². The van der Waals surface area contributed by atoms with Gasteiger partial charge < -0.3 is 14.7 Å². The summed E-state index contributed by atoms with van der Waals surface area (Å²) in [6, 6.07) is 0. The Bertz CT molecular complexity index is 451. The zero-order chi connectivity index (χ0) is 12.8. The standard InChI is InChI=1S/C10H13N3O4.Y/c1-6-8(7(4-14)12-5-11-6)9(13-17-3)10(15)16-2;/h5,14H,4H2,1-3H3;/b13-9+;. The van der Waals surface area contributed by atoms with E-state index < -0.39 is 5.97 Å². The summed E-state index contributed by atoms with van der Waals surface area (Å²) < 4.78 is 4.59. The van der Waals surface area contributed by atoms with Crippen molar-refractivity contribution < 1.29 is 52.2 Å². The van der Waals surface area contributed by atoms with E-state index in [0.717, 1.165) is 0 Å². The molecule has 95 valence electrons. The van der Waals surface area contributed by atoms with Crippen LogP contribution in [0.15, 0.2) is 11.5 Å². The largest absolute Gasteiger partial charge is 0.464 e. The van der Waals surface area contributed by atoms with E-state index >= 15 is 0 Å². The molecule has 0 saturated carbocycles. The minimum Gasteiger partial charge on any atom is -0.464 e. The molecule has 1 aromatic heterocycles. The number of aliphatic hydroxyl groups excluding tert-OH is 1. The fraction of sp³-hybridized carbons (Fsp3) is 0.400. The van der Waals surface area contributed by atoms with Crippen LogP contribution in [0.1, 0.15) is 17.0 Å². The first-order valence-electron chi connectivity index (χ1n) is 4.76. The van der Waals surface area contributed by atoms with Crippen LogP contribution in [0.3, 0.4) is 0 Å². The Kier molecular flexibility index (Phi) is 7.81. The number of aromatic nitrogens is 2. The van der Waals surface area contributed by atoms with E-state index in [1.54, 1.807) is 6.92 Å².